The lowest BCUT2D eigenvalue weighted by Gasteiger charge is -2.29. The predicted octanol–water partition coefficient (Wildman–Crippen LogP) is 8.51. The van der Waals surface area contributed by atoms with E-state index in [1.807, 2.05) is 25.1 Å². The fraction of sp³-hybridized carbons (Fsp3) is 0.462. The van der Waals surface area contributed by atoms with Crippen molar-refractivity contribution in [3.05, 3.63) is 70.1 Å². The monoisotopic (exact) mass is 492 g/mol. The van der Waals surface area contributed by atoms with Crippen LogP contribution in [-0.2, 0) is 15.5 Å². The van der Waals surface area contributed by atoms with Gasteiger partial charge in [0.05, 0.1) is 11.8 Å². The highest BCUT2D eigenvalue weighted by Crippen LogP contribution is 2.62. The summed E-state index contributed by atoms with van der Waals surface area (Å²) in [7, 11) is -4.13. The van der Waals surface area contributed by atoms with Crippen molar-refractivity contribution in [3.63, 3.8) is 0 Å². The van der Waals surface area contributed by atoms with Gasteiger partial charge in [0.1, 0.15) is 0 Å². The zero-order valence-corrected chi connectivity index (χ0v) is 20.8. The lowest BCUT2D eigenvalue weighted by molar-refractivity contribution is 0.179. The minimum absolute atomic E-state index is 0.105. The minimum atomic E-state index is -4.13. The molecule has 0 spiro atoms. The lowest BCUT2D eigenvalue weighted by atomic mass is 9.82. The van der Waals surface area contributed by atoms with Gasteiger partial charge in [-0.15, -0.1) is 11.3 Å². The Morgan fingerprint density at radius 2 is 1.85 bits per heavy atom. The van der Waals surface area contributed by atoms with Gasteiger partial charge in [-0.1, -0.05) is 50.5 Å². The summed E-state index contributed by atoms with van der Waals surface area (Å²) >= 11 is 1.53. The molecule has 0 saturated heterocycles. The number of hydrogen-bond acceptors (Lipinski definition) is 3. The summed E-state index contributed by atoms with van der Waals surface area (Å²) < 4.78 is 48.1. The maximum Gasteiger partial charge on any atom is 0.336 e. The van der Waals surface area contributed by atoms with E-state index < -0.39 is 24.9 Å². The molecule has 33 heavy (non-hydrogen) atoms. The van der Waals surface area contributed by atoms with Crippen LogP contribution in [0.2, 0.25) is 0 Å². The molecule has 3 aromatic rings. The largest absolute Gasteiger partial charge is 0.336 e. The van der Waals surface area contributed by atoms with Crippen LogP contribution in [0.4, 0.5) is 8.78 Å². The van der Waals surface area contributed by atoms with Crippen molar-refractivity contribution >= 4 is 29.0 Å². The van der Waals surface area contributed by atoms with Gasteiger partial charge in [-0.3, -0.25) is 4.57 Å². The Bertz CT molecular complexity index is 1160. The van der Waals surface area contributed by atoms with E-state index in [2.05, 4.69) is 6.07 Å². The first kappa shape index (κ1) is 24.5. The molecule has 3 unspecified atom stereocenters. The van der Waals surface area contributed by atoms with Crippen LogP contribution in [0.25, 0.3) is 10.1 Å². The summed E-state index contributed by atoms with van der Waals surface area (Å²) in [6.07, 6.45) is 5.91. The van der Waals surface area contributed by atoms with E-state index in [1.54, 1.807) is 6.92 Å². The van der Waals surface area contributed by atoms with E-state index >= 15 is 0 Å². The first-order chi connectivity index (χ1) is 15.8. The van der Waals surface area contributed by atoms with Crippen molar-refractivity contribution < 1.29 is 22.8 Å². The second-order valence-corrected chi connectivity index (χ2v) is 12.1. The molecule has 0 aliphatic heterocycles. The van der Waals surface area contributed by atoms with Crippen molar-refractivity contribution in [2.45, 2.75) is 76.5 Å². The molecule has 1 aliphatic carbocycles. The fourth-order valence-electron chi connectivity index (χ4n) is 4.80. The van der Waals surface area contributed by atoms with Crippen LogP contribution in [-0.4, -0.2) is 11.0 Å². The number of thiophene rings is 1. The minimum Gasteiger partial charge on any atom is -0.324 e. The molecule has 2 aromatic carbocycles. The summed E-state index contributed by atoms with van der Waals surface area (Å²) in [6, 6.07) is 11.8. The van der Waals surface area contributed by atoms with E-state index in [0.29, 0.717) is 17.9 Å². The Hall–Kier alpha value is -1.59. The first-order valence-corrected chi connectivity index (χ1v) is 14.2. The standard InChI is InChI=1S/C26H31F2O3PS/c1-3-17(2)31-32(29,30)23(16-18-13-14-21(27)22(28)15-18)26-25(19-9-5-4-6-10-19)20-11-7-8-12-24(20)33-26/h7-8,11-15,17,19,23H,3-6,9-10,16H2,1-2H3,(H,29,30). The Labute approximate surface area is 198 Å². The third-order valence-electron chi connectivity index (χ3n) is 6.69. The zero-order valence-electron chi connectivity index (χ0n) is 19.1. The molecule has 3 atom stereocenters. The molecule has 0 radical (unpaired) electrons. The average Bonchev–Trinajstić information content (AvgIpc) is 3.18. The van der Waals surface area contributed by atoms with Gasteiger partial charge >= 0.3 is 7.60 Å². The normalized spacial score (nSPS) is 18.8. The van der Waals surface area contributed by atoms with Crippen molar-refractivity contribution in [2.75, 3.05) is 0 Å². The highest BCUT2D eigenvalue weighted by atomic mass is 32.1. The molecule has 1 N–H and O–H groups in total. The zero-order chi connectivity index (χ0) is 23.6. The number of rotatable bonds is 8. The lowest BCUT2D eigenvalue weighted by Crippen LogP contribution is -2.14. The molecular weight excluding hydrogens is 461 g/mol. The van der Waals surface area contributed by atoms with Gasteiger partial charge in [0, 0.05) is 9.58 Å². The molecule has 4 rings (SSSR count). The molecule has 178 valence electrons. The van der Waals surface area contributed by atoms with E-state index in [0.717, 1.165) is 58.3 Å². The Balaban J connectivity index is 1.85. The van der Waals surface area contributed by atoms with E-state index in [4.69, 9.17) is 4.52 Å². The Morgan fingerprint density at radius 1 is 1.12 bits per heavy atom. The molecular formula is C26H31F2O3PS. The van der Waals surface area contributed by atoms with Crippen LogP contribution in [0, 0.1) is 11.6 Å². The van der Waals surface area contributed by atoms with Crippen molar-refractivity contribution in [1.82, 2.24) is 0 Å². The van der Waals surface area contributed by atoms with Crippen molar-refractivity contribution in [2.24, 2.45) is 0 Å². The topological polar surface area (TPSA) is 46.5 Å². The second-order valence-electron chi connectivity index (χ2n) is 9.07. The van der Waals surface area contributed by atoms with E-state index in [1.165, 1.54) is 23.8 Å². The third kappa shape index (κ3) is 5.40. The van der Waals surface area contributed by atoms with Gasteiger partial charge in [-0.2, -0.15) is 0 Å². The molecule has 3 nitrogen and oxygen atoms in total. The van der Waals surface area contributed by atoms with Gasteiger partial charge < -0.3 is 9.42 Å². The SMILES string of the molecule is CCC(C)OP(=O)(O)C(Cc1ccc(F)c(F)c1)c1sc2ccccc2c1C1CCCCC1. The van der Waals surface area contributed by atoms with Crippen LogP contribution < -0.4 is 0 Å². The molecule has 1 aliphatic rings. The van der Waals surface area contributed by atoms with E-state index in [-0.39, 0.29) is 12.5 Å². The van der Waals surface area contributed by atoms with Crippen LogP contribution in [0.1, 0.15) is 80.0 Å². The smallest absolute Gasteiger partial charge is 0.324 e. The van der Waals surface area contributed by atoms with E-state index in [9.17, 15) is 18.2 Å². The molecule has 1 aromatic heterocycles. The fourth-order valence-corrected chi connectivity index (χ4v) is 8.32. The van der Waals surface area contributed by atoms with Gasteiger partial charge in [0.2, 0.25) is 0 Å². The van der Waals surface area contributed by atoms with Gasteiger partial charge in [0.25, 0.3) is 0 Å². The molecule has 7 heteroatoms. The number of halogens is 2. The molecule has 0 bridgehead atoms. The molecule has 0 amide bonds. The number of benzene rings is 2. The summed E-state index contributed by atoms with van der Waals surface area (Å²) in [6.45, 7) is 3.69. The summed E-state index contributed by atoms with van der Waals surface area (Å²) in [5.74, 6) is -1.56. The van der Waals surface area contributed by atoms with Crippen molar-refractivity contribution in [3.8, 4) is 0 Å². The summed E-state index contributed by atoms with van der Waals surface area (Å²) in [5.41, 5.74) is 0.781. The second kappa shape index (κ2) is 10.4. The highest BCUT2D eigenvalue weighted by Gasteiger charge is 2.40. The Kier molecular flexibility index (Phi) is 7.69. The van der Waals surface area contributed by atoms with Gasteiger partial charge in [0.15, 0.2) is 11.6 Å². The molecule has 1 saturated carbocycles. The van der Waals surface area contributed by atoms with Crippen LogP contribution in [0.5, 0.6) is 0 Å². The Morgan fingerprint density at radius 3 is 2.55 bits per heavy atom. The molecule has 1 heterocycles. The van der Waals surface area contributed by atoms with Gasteiger partial charge in [-0.25, -0.2) is 8.78 Å². The highest BCUT2D eigenvalue weighted by molar-refractivity contribution is 7.53. The van der Waals surface area contributed by atoms with Crippen LogP contribution >= 0.6 is 18.9 Å². The summed E-state index contributed by atoms with van der Waals surface area (Å²) in [4.78, 5) is 12.1. The third-order valence-corrected chi connectivity index (χ3v) is 10.1. The van der Waals surface area contributed by atoms with Crippen molar-refractivity contribution in [1.29, 1.82) is 0 Å². The van der Waals surface area contributed by atoms with Crippen LogP contribution in [0.3, 0.4) is 0 Å². The predicted molar refractivity (Wildman–Crippen MR) is 131 cm³/mol. The summed E-state index contributed by atoms with van der Waals surface area (Å²) in [5, 5.41) is 1.13. The average molecular weight is 493 g/mol. The first-order valence-electron chi connectivity index (χ1n) is 11.8. The number of hydrogen-bond donors (Lipinski definition) is 1. The molecule has 1 fully saturated rings. The quantitative estimate of drug-likeness (QED) is 0.321. The maximum atomic E-state index is 14.0. The number of fused-ring (bicyclic) bond motifs is 1. The van der Waals surface area contributed by atoms with Gasteiger partial charge in [-0.05, 0) is 73.2 Å². The maximum absolute atomic E-state index is 14.0. The van der Waals surface area contributed by atoms with Crippen LogP contribution in [0.15, 0.2) is 42.5 Å².